The summed E-state index contributed by atoms with van der Waals surface area (Å²) < 4.78 is 5.18. The van der Waals surface area contributed by atoms with Gasteiger partial charge in [-0.2, -0.15) is 0 Å². The van der Waals surface area contributed by atoms with Crippen molar-refractivity contribution in [3.05, 3.63) is 29.3 Å². The Morgan fingerprint density at radius 3 is 2.88 bits per heavy atom. The maximum absolute atomic E-state index is 11.4. The Bertz CT molecular complexity index is 364. The molecule has 0 aliphatic rings. The molecule has 0 radical (unpaired) electrons. The zero-order chi connectivity index (χ0) is 12.0. The molecular weight excluding hydrogens is 204 g/mol. The van der Waals surface area contributed by atoms with E-state index in [1.165, 1.54) is 0 Å². The lowest BCUT2D eigenvalue weighted by molar-refractivity contribution is 0.200. The van der Waals surface area contributed by atoms with Crippen LogP contribution in [0.5, 0.6) is 5.75 Å². The highest BCUT2D eigenvalue weighted by molar-refractivity contribution is 5.70. The minimum atomic E-state index is -0.429. The summed E-state index contributed by atoms with van der Waals surface area (Å²) in [7, 11) is 0. The molecule has 1 rings (SSSR count). The molecule has 0 atom stereocenters. The molecule has 0 saturated carbocycles. The first-order chi connectivity index (χ1) is 7.65. The number of hydrogen-bond acceptors (Lipinski definition) is 3. The highest BCUT2D eigenvalue weighted by Crippen LogP contribution is 2.20. The molecule has 1 aromatic rings. The maximum atomic E-state index is 11.4. The van der Waals surface area contributed by atoms with Gasteiger partial charge in [0.05, 0.1) is 0 Å². The second kappa shape index (κ2) is 6.12. The molecule has 0 saturated heterocycles. The van der Waals surface area contributed by atoms with E-state index in [1.807, 2.05) is 26.0 Å². The number of nitrogens with two attached hydrogens (primary N) is 1. The van der Waals surface area contributed by atoms with Crippen molar-refractivity contribution in [2.24, 2.45) is 5.73 Å². The van der Waals surface area contributed by atoms with Crippen molar-refractivity contribution in [1.82, 2.24) is 5.32 Å². The van der Waals surface area contributed by atoms with Gasteiger partial charge < -0.3 is 15.8 Å². The van der Waals surface area contributed by atoms with Crippen molar-refractivity contribution >= 4 is 6.09 Å². The van der Waals surface area contributed by atoms with Gasteiger partial charge in [-0.15, -0.1) is 0 Å². The average Bonchev–Trinajstić information content (AvgIpc) is 2.25. The van der Waals surface area contributed by atoms with Crippen LogP contribution in [0.3, 0.4) is 0 Å². The Balaban J connectivity index is 2.53. The van der Waals surface area contributed by atoms with E-state index in [1.54, 1.807) is 6.07 Å². The van der Waals surface area contributed by atoms with Crippen molar-refractivity contribution in [2.45, 2.75) is 20.3 Å². The van der Waals surface area contributed by atoms with Crippen LogP contribution < -0.4 is 15.8 Å². The standard InChI is InChI=1S/C12H18N2O2/c1-9-5-3-6-11(10(9)2)16-12(15)14-8-4-7-13/h3,5-6H,4,7-8,13H2,1-2H3,(H,14,15). The van der Waals surface area contributed by atoms with E-state index in [0.717, 1.165) is 17.5 Å². The molecule has 0 heterocycles. The fraction of sp³-hybridized carbons (Fsp3) is 0.417. The van der Waals surface area contributed by atoms with E-state index in [0.29, 0.717) is 18.8 Å². The predicted octanol–water partition coefficient (Wildman–Crippen LogP) is 1.74. The number of hydrogen-bond donors (Lipinski definition) is 2. The Kier molecular flexibility index (Phi) is 4.79. The molecule has 4 heteroatoms. The lowest BCUT2D eigenvalue weighted by Crippen LogP contribution is -2.29. The fourth-order valence-electron chi connectivity index (χ4n) is 1.26. The van der Waals surface area contributed by atoms with E-state index < -0.39 is 6.09 Å². The molecule has 3 N–H and O–H groups in total. The van der Waals surface area contributed by atoms with Crippen LogP contribution in [0.2, 0.25) is 0 Å². The van der Waals surface area contributed by atoms with Gasteiger partial charge in [-0.3, -0.25) is 0 Å². The van der Waals surface area contributed by atoms with E-state index >= 15 is 0 Å². The van der Waals surface area contributed by atoms with Crippen molar-refractivity contribution in [3.63, 3.8) is 0 Å². The van der Waals surface area contributed by atoms with Crippen molar-refractivity contribution in [3.8, 4) is 5.75 Å². The van der Waals surface area contributed by atoms with Crippen LogP contribution in [0.4, 0.5) is 4.79 Å². The minimum Gasteiger partial charge on any atom is -0.410 e. The Morgan fingerprint density at radius 1 is 1.44 bits per heavy atom. The Labute approximate surface area is 95.8 Å². The summed E-state index contributed by atoms with van der Waals surface area (Å²) in [4.78, 5) is 11.4. The predicted molar refractivity (Wildman–Crippen MR) is 63.6 cm³/mol. The summed E-state index contributed by atoms with van der Waals surface area (Å²) in [5, 5.41) is 2.64. The largest absolute Gasteiger partial charge is 0.412 e. The normalized spacial score (nSPS) is 9.94. The van der Waals surface area contributed by atoms with Gasteiger partial charge in [0.2, 0.25) is 0 Å². The molecule has 4 nitrogen and oxygen atoms in total. The highest BCUT2D eigenvalue weighted by Gasteiger charge is 2.06. The van der Waals surface area contributed by atoms with Gasteiger partial charge in [0.15, 0.2) is 0 Å². The highest BCUT2D eigenvalue weighted by atomic mass is 16.6. The van der Waals surface area contributed by atoms with Gasteiger partial charge >= 0.3 is 6.09 Å². The lowest BCUT2D eigenvalue weighted by Gasteiger charge is -2.09. The summed E-state index contributed by atoms with van der Waals surface area (Å²) in [6.07, 6.45) is 0.323. The third-order valence-electron chi connectivity index (χ3n) is 2.41. The van der Waals surface area contributed by atoms with Crippen LogP contribution >= 0.6 is 0 Å². The van der Waals surface area contributed by atoms with E-state index in [4.69, 9.17) is 10.5 Å². The molecule has 1 aromatic carbocycles. The summed E-state index contributed by atoms with van der Waals surface area (Å²) in [6, 6.07) is 5.63. The number of rotatable bonds is 4. The van der Waals surface area contributed by atoms with Crippen molar-refractivity contribution in [1.29, 1.82) is 0 Å². The number of benzene rings is 1. The SMILES string of the molecule is Cc1cccc(OC(=O)NCCCN)c1C. The summed E-state index contributed by atoms with van der Waals surface area (Å²) in [5.74, 6) is 0.602. The molecule has 0 spiro atoms. The van der Waals surface area contributed by atoms with Gasteiger partial charge in [0.25, 0.3) is 0 Å². The Hall–Kier alpha value is -1.55. The third kappa shape index (κ3) is 3.55. The third-order valence-corrected chi connectivity index (χ3v) is 2.41. The van der Waals surface area contributed by atoms with Gasteiger partial charge in [0.1, 0.15) is 5.75 Å². The molecule has 0 bridgehead atoms. The average molecular weight is 222 g/mol. The smallest absolute Gasteiger partial charge is 0.410 e. The summed E-state index contributed by atoms with van der Waals surface area (Å²) in [6.45, 7) is 5.01. The first kappa shape index (κ1) is 12.5. The van der Waals surface area contributed by atoms with Gasteiger partial charge in [-0.1, -0.05) is 12.1 Å². The topological polar surface area (TPSA) is 64.3 Å². The maximum Gasteiger partial charge on any atom is 0.412 e. The second-order valence-electron chi connectivity index (χ2n) is 3.66. The van der Waals surface area contributed by atoms with E-state index in [2.05, 4.69) is 5.32 Å². The first-order valence-corrected chi connectivity index (χ1v) is 5.37. The van der Waals surface area contributed by atoms with Crippen LogP contribution in [0.1, 0.15) is 17.5 Å². The number of aryl methyl sites for hydroxylation is 1. The molecule has 88 valence electrons. The van der Waals surface area contributed by atoms with Crippen LogP contribution in [0.25, 0.3) is 0 Å². The Morgan fingerprint density at radius 2 is 2.19 bits per heavy atom. The van der Waals surface area contributed by atoms with E-state index in [9.17, 15) is 4.79 Å². The molecule has 1 amide bonds. The summed E-state index contributed by atoms with van der Waals surface area (Å²) in [5.41, 5.74) is 7.41. The number of carbonyl (C=O) groups is 1. The number of ether oxygens (including phenoxy) is 1. The van der Waals surface area contributed by atoms with Crippen molar-refractivity contribution < 1.29 is 9.53 Å². The number of carbonyl (C=O) groups excluding carboxylic acids is 1. The molecule has 0 aliphatic heterocycles. The minimum absolute atomic E-state index is 0.429. The molecule has 0 aliphatic carbocycles. The number of amides is 1. The molecule has 0 fully saturated rings. The summed E-state index contributed by atoms with van der Waals surface area (Å²) >= 11 is 0. The van der Waals surface area contributed by atoms with Crippen LogP contribution in [0.15, 0.2) is 18.2 Å². The number of nitrogens with one attached hydrogen (secondary N) is 1. The second-order valence-corrected chi connectivity index (χ2v) is 3.66. The van der Waals surface area contributed by atoms with Crippen molar-refractivity contribution in [2.75, 3.05) is 13.1 Å². The van der Waals surface area contributed by atoms with E-state index in [-0.39, 0.29) is 0 Å². The van der Waals surface area contributed by atoms with Gasteiger partial charge in [-0.05, 0) is 44.0 Å². The molecule has 0 aromatic heterocycles. The zero-order valence-corrected chi connectivity index (χ0v) is 9.75. The lowest BCUT2D eigenvalue weighted by atomic mass is 10.1. The van der Waals surface area contributed by atoms with Crippen LogP contribution in [0, 0.1) is 13.8 Å². The zero-order valence-electron chi connectivity index (χ0n) is 9.75. The van der Waals surface area contributed by atoms with Crippen LogP contribution in [-0.2, 0) is 0 Å². The monoisotopic (exact) mass is 222 g/mol. The molecule has 0 unspecified atom stereocenters. The van der Waals surface area contributed by atoms with Gasteiger partial charge in [0, 0.05) is 6.54 Å². The first-order valence-electron chi connectivity index (χ1n) is 5.37. The molecular formula is C12H18N2O2. The van der Waals surface area contributed by atoms with Gasteiger partial charge in [-0.25, -0.2) is 4.79 Å². The fourth-order valence-corrected chi connectivity index (χ4v) is 1.26. The molecule has 16 heavy (non-hydrogen) atoms. The quantitative estimate of drug-likeness (QED) is 0.763. The van der Waals surface area contributed by atoms with Crippen LogP contribution in [-0.4, -0.2) is 19.2 Å².